The molecule has 36 heavy (non-hydrogen) atoms. The molecule has 0 spiro atoms. The number of likely N-dealkylation sites (N-methyl/N-ethyl adjacent to an activating group) is 1. The van der Waals surface area contributed by atoms with Gasteiger partial charge in [0.25, 0.3) is 0 Å². The Morgan fingerprint density at radius 3 is 2.75 bits per heavy atom. The van der Waals surface area contributed by atoms with Gasteiger partial charge in [0.1, 0.15) is 17.8 Å². The number of aromatic nitrogens is 4. The number of carbonyl (C=O) groups excluding carboxylic acids is 2. The average molecular weight is 486 g/mol. The molecule has 2 aliphatic carbocycles. The average Bonchev–Trinajstić information content (AvgIpc) is 3.82. The van der Waals surface area contributed by atoms with Crippen molar-refractivity contribution in [3.8, 4) is 17.1 Å². The van der Waals surface area contributed by atoms with Crippen LogP contribution in [-0.2, 0) is 16.0 Å². The lowest BCUT2D eigenvalue weighted by Gasteiger charge is -2.29. The van der Waals surface area contributed by atoms with Gasteiger partial charge < -0.3 is 20.3 Å². The van der Waals surface area contributed by atoms with E-state index in [0.717, 1.165) is 36.9 Å². The number of amides is 1. The number of carbonyl (C=O) groups is 1. The van der Waals surface area contributed by atoms with Crippen molar-refractivity contribution in [3.63, 3.8) is 0 Å². The van der Waals surface area contributed by atoms with Crippen LogP contribution in [-0.4, -0.2) is 57.2 Å². The van der Waals surface area contributed by atoms with E-state index in [2.05, 4.69) is 31.6 Å². The van der Waals surface area contributed by atoms with Gasteiger partial charge in [-0.15, -0.1) is 0 Å². The first-order valence-corrected chi connectivity index (χ1v) is 12.2. The summed E-state index contributed by atoms with van der Waals surface area (Å²) in [5.74, 6) is 3.74. The number of rotatable bonds is 7. The van der Waals surface area contributed by atoms with Crippen LogP contribution in [0.25, 0.3) is 17.1 Å². The topological polar surface area (TPSA) is 114 Å². The second kappa shape index (κ2) is 8.80. The number of nitrogens with one attached hydrogen (secondary N) is 2. The number of para-hydroxylation sites is 1. The lowest BCUT2D eigenvalue weighted by molar-refractivity contribution is -0.117. The molecule has 1 amide bonds. The van der Waals surface area contributed by atoms with E-state index in [1.165, 1.54) is 0 Å². The van der Waals surface area contributed by atoms with E-state index in [-0.39, 0.29) is 11.8 Å². The van der Waals surface area contributed by atoms with Crippen LogP contribution in [0.3, 0.4) is 0 Å². The molecule has 1 aliphatic heterocycles. The van der Waals surface area contributed by atoms with Crippen molar-refractivity contribution in [2.75, 3.05) is 31.3 Å². The summed E-state index contributed by atoms with van der Waals surface area (Å²) in [5.41, 5.74) is 3.92. The normalized spacial score (nSPS) is 16.8. The molecule has 0 saturated heterocycles. The third kappa shape index (κ3) is 4.09. The van der Waals surface area contributed by atoms with E-state index < -0.39 is 0 Å². The van der Waals surface area contributed by atoms with E-state index in [1.807, 2.05) is 34.8 Å². The van der Waals surface area contributed by atoms with Crippen molar-refractivity contribution in [1.29, 1.82) is 0 Å². The maximum absolute atomic E-state index is 12.5. The highest BCUT2D eigenvalue weighted by Crippen LogP contribution is 2.41. The highest BCUT2D eigenvalue weighted by atomic mass is 16.5. The second-order valence-corrected chi connectivity index (χ2v) is 9.55. The van der Waals surface area contributed by atoms with Crippen molar-refractivity contribution in [1.82, 2.24) is 24.6 Å². The molecule has 2 fully saturated rings. The number of ether oxygens (including phenoxy) is 1. The van der Waals surface area contributed by atoms with Gasteiger partial charge in [-0.2, -0.15) is 5.10 Å². The monoisotopic (exact) mass is 485 g/mol. The lowest BCUT2D eigenvalue weighted by Crippen LogP contribution is -2.28. The third-order valence-electron chi connectivity index (χ3n) is 6.85. The fraction of sp³-hybridized carbons (Fsp3) is 0.385. The van der Waals surface area contributed by atoms with Gasteiger partial charge in [0.15, 0.2) is 17.5 Å². The molecule has 2 N–H and O–H groups in total. The van der Waals surface area contributed by atoms with Crippen LogP contribution in [0.4, 0.5) is 17.2 Å². The van der Waals surface area contributed by atoms with Crippen LogP contribution >= 0.6 is 0 Å². The molecule has 1 aromatic carbocycles. The van der Waals surface area contributed by atoms with E-state index in [0.29, 0.717) is 59.0 Å². The molecule has 2 saturated carbocycles. The molecule has 3 heterocycles. The number of anilines is 3. The maximum atomic E-state index is 12.5. The van der Waals surface area contributed by atoms with Crippen molar-refractivity contribution in [2.24, 2.45) is 5.92 Å². The molecule has 184 valence electrons. The van der Waals surface area contributed by atoms with Crippen LogP contribution in [0.2, 0.25) is 0 Å². The lowest BCUT2D eigenvalue weighted by atomic mass is 10.00. The van der Waals surface area contributed by atoms with Gasteiger partial charge in [0.05, 0.1) is 41.3 Å². The smallest absolute Gasteiger partial charge is 0.228 e. The molecule has 3 aromatic rings. The molecule has 3 aliphatic rings. The number of fused-ring (bicyclic) bond motifs is 1. The Bertz CT molecular complexity index is 1400. The Kier molecular flexibility index (Phi) is 5.45. The first kappa shape index (κ1) is 22.3. The highest BCUT2D eigenvalue weighted by Gasteiger charge is 2.31. The molecule has 6 rings (SSSR count). The summed E-state index contributed by atoms with van der Waals surface area (Å²) in [6.45, 7) is 0.637. The Balaban J connectivity index is 1.41. The summed E-state index contributed by atoms with van der Waals surface area (Å²) in [4.78, 5) is 35.5. The van der Waals surface area contributed by atoms with Crippen molar-refractivity contribution < 1.29 is 14.3 Å². The fourth-order valence-corrected chi connectivity index (χ4v) is 4.57. The van der Waals surface area contributed by atoms with Gasteiger partial charge >= 0.3 is 0 Å². The summed E-state index contributed by atoms with van der Waals surface area (Å²) in [7, 11) is 3.47. The quantitative estimate of drug-likeness (QED) is 0.489. The van der Waals surface area contributed by atoms with E-state index in [1.54, 1.807) is 19.5 Å². The summed E-state index contributed by atoms with van der Waals surface area (Å²) >= 11 is 0. The van der Waals surface area contributed by atoms with Crippen molar-refractivity contribution in [3.05, 3.63) is 41.9 Å². The summed E-state index contributed by atoms with van der Waals surface area (Å²) in [6.07, 6.45) is 6.44. The number of hydrogen-bond acceptors (Lipinski definition) is 8. The Hall–Kier alpha value is -4.17. The van der Waals surface area contributed by atoms with Crippen LogP contribution in [0, 0.1) is 5.92 Å². The van der Waals surface area contributed by atoms with Gasteiger partial charge in [-0.05, 0) is 37.8 Å². The first-order valence-electron chi connectivity index (χ1n) is 12.2. The largest absolute Gasteiger partial charge is 0.494 e. The van der Waals surface area contributed by atoms with Gasteiger partial charge in [0.2, 0.25) is 5.91 Å². The summed E-state index contributed by atoms with van der Waals surface area (Å²) in [5, 5.41) is 11.0. The van der Waals surface area contributed by atoms with Crippen molar-refractivity contribution in [2.45, 2.75) is 38.1 Å². The number of benzene rings is 1. The van der Waals surface area contributed by atoms with E-state index >= 15 is 0 Å². The summed E-state index contributed by atoms with van der Waals surface area (Å²) < 4.78 is 7.71. The maximum Gasteiger partial charge on any atom is 0.228 e. The zero-order valence-corrected chi connectivity index (χ0v) is 20.2. The molecule has 10 nitrogen and oxygen atoms in total. The SMILES string of the molecule is COc1c(Nc2cc(NC(=O)C3CC3)nc3c2C(=C=O)N(C)CC3)cccc1-c1ncn(C2CC2)n1. The predicted molar refractivity (Wildman–Crippen MR) is 135 cm³/mol. The Morgan fingerprint density at radius 1 is 1.19 bits per heavy atom. The summed E-state index contributed by atoms with van der Waals surface area (Å²) in [6, 6.07) is 7.92. The number of methoxy groups -OCH3 is 1. The second-order valence-electron chi connectivity index (χ2n) is 9.55. The zero-order chi connectivity index (χ0) is 24.8. The van der Waals surface area contributed by atoms with E-state index in [4.69, 9.17) is 4.74 Å². The third-order valence-corrected chi connectivity index (χ3v) is 6.85. The predicted octanol–water partition coefficient (Wildman–Crippen LogP) is 3.44. The minimum Gasteiger partial charge on any atom is -0.494 e. The van der Waals surface area contributed by atoms with Gasteiger partial charge in [-0.1, -0.05) is 6.07 Å². The molecule has 2 aromatic heterocycles. The van der Waals surface area contributed by atoms with Crippen molar-refractivity contribution >= 4 is 34.7 Å². The van der Waals surface area contributed by atoms with E-state index in [9.17, 15) is 9.59 Å². The number of pyridine rings is 1. The minimum absolute atomic E-state index is 0.0237. The molecule has 0 radical (unpaired) electrons. The molecule has 10 heteroatoms. The van der Waals surface area contributed by atoms with Gasteiger partial charge in [-0.25, -0.2) is 19.4 Å². The standard InChI is InChI=1S/C26H27N7O3/c1-32-11-10-18-23(21(32)13-34)20(12-22(29-18)30-26(35)15-6-7-15)28-19-5-3-4-17(24(19)36-2)25-27-14-33(31-25)16-8-9-16/h3-5,12,14-16H,6-11H2,1-2H3,(H2,28,29,30,35). The molecular weight excluding hydrogens is 458 g/mol. The Labute approximate surface area is 208 Å². The number of hydrogen-bond donors (Lipinski definition) is 2. The van der Waals surface area contributed by atoms with Crippen LogP contribution in [0.15, 0.2) is 30.6 Å². The first-order chi connectivity index (χ1) is 17.6. The van der Waals surface area contributed by atoms with Crippen LogP contribution in [0.5, 0.6) is 5.75 Å². The molecule has 0 unspecified atom stereocenters. The van der Waals surface area contributed by atoms with Gasteiger partial charge in [-0.3, -0.25) is 4.79 Å². The molecule has 0 bridgehead atoms. The molecular formula is C26H27N7O3. The van der Waals surface area contributed by atoms with Crippen LogP contribution < -0.4 is 15.4 Å². The van der Waals surface area contributed by atoms with Crippen LogP contribution in [0.1, 0.15) is 43.0 Å². The zero-order valence-electron chi connectivity index (χ0n) is 20.2. The van der Waals surface area contributed by atoms with Gasteiger partial charge in [0, 0.05) is 32.0 Å². The number of nitrogens with zero attached hydrogens (tertiary/aromatic N) is 5. The molecule has 0 atom stereocenters. The minimum atomic E-state index is -0.0237. The highest BCUT2D eigenvalue weighted by molar-refractivity contribution is 5.97. The Morgan fingerprint density at radius 2 is 2.03 bits per heavy atom. The fourth-order valence-electron chi connectivity index (χ4n) is 4.57.